The zero-order valence-corrected chi connectivity index (χ0v) is 15.3. The number of carbonyl (C=O) groups excluding carboxylic acids is 1. The lowest BCUT2D eigenvalue weighted by molar-refractivity contribution is 0.102. The van der Waals surface area contributed by atoms with Crippen molar-refractivity contribution < 1.29 is 13.7 Å². The minimum Gasteiger partial charge on any atom is -0.378 e. The molecule has 1 amide bonds. The van der Waals surface area contributed by atoms with Gasteiger partial charge in [0.1, 0.15) is 22.8 Å². The summed E-state index contributed by atoms with van der Waals surface area (Å²) in [5.41, 5.74) is 1.87. The summed E-state index contributed by atoms with van der Waals surface area (Å²) < 4.78 is 19.4. The van der Waals surface area contributed by atoms with E-state index in [0.717, 1.165) is 5.69 Å². The molecular weight excluding hydrogens is 357 g/mol. The highest BCUT2D eigenvalue weighted by Crippen LogP contribution is 2.33. The number of aromatic nitrogens is 1. The first kappa shape index (κ1) is 17.9. The highest BCUT2D eigenvalue weighted by atomic mass is 35.5. The van der Waals surface area contributed by atoms with Gasteiger partial charge in [-0.3, -0.25) is 4.79 Å². The number of nitrogens with zero attached hydrogens (tertiary/aromatic N) is 2. The number of hydrogen-bond acceptors (Lipinski definition) is 4. The topological polar surface area (TPSA) is 58.4 Å². The first-order valence-electron chi connectivity index (χ1n) is 7.88. The maximum Gasteiger partial charge on any atom is 0.261 e. The Bertz CT molecular complexity index is 932. The normalized spacial score (nSPS) is 10.7. The largest absolute Gasteiger partial charge is 0.378 e. The minimum absolute atomic E-state index is 0.0409. The summed E-state index contributed by atoms with van der Waals surface area (Å²) in [6, 6.07) is 11.6. The molecule has 0 aliphatic carbocycles. The maximum absolute atomic E-state index is 14.2. The SMILES string of the molecule is Cc1onc(-c2c(F)cccc2Cl)c1C(=O)Nc1ccc(N(C)C)cc1. The molecule has 5 nitrogen and oxygen atoms in total. The molecule has 1 aromatic heterocycles. The Morgan fingerprint density at radius 2 is 1.88 bits per heavy atom. The molecule has 0 unspecified atom stereocenters. The molecule has 1 N–H and O–H groups in total. The van der Waals surface area contributed by atoms with Crippen molar-refractivity contribution in [2.75, 3.05) is 24.3 Å². The molecule has 0 aliphatic rings. The molecular formula is C19H17ClFN3O2. The van der Waals surface area contributed by atoms with E-state index < -0.39 is 11.7 Å². The van der Waals surface area contributed by atoms with E-state index in [2.05, 4.69) is 10.5 Å². The predicted molar refractivity (Wildman–Crippen MR) is 100 cm³/mol. The number of hydrogen-bond donors (Lipinski definition) is 1. The summed E-state index contributed by atoms with van der Waals surface area (Å²) in [6.07, 6.45) is 0. The monoisotopic (exact) mass is 373 g/mol. The van der Waals surface area contributed by atoms with Gasteiger partial charge in [-0.25, -0.2) is 4.39 Å². The van der Waals surface area contributed by atoms with E-state index in [0.29, 0.717) is 5.69 Å². The van der Waals surface area contributed by atoms with Gasteiger partial charge in [0.15, 0.2) is 0 Å². The molecule has 0 atom stereocenters. The molecule has 0 bridgehead atoms. The van der Waals surface area contributed by atoms with Crippen molar-refractivity contribution in [2.45, 2.75) is 6.92 Å². The lowest BCUT2D eigenvalue weighted by atomic mass is 10.0. The van der Waals surface area contributed by atoms with Gasteiger partial charge >= 0.3 is 0 Å². The Kier molecular flexibility index (Phi) is 4.95. The standard InChI is InChI=1S/C19H17ClFN3O2/c1-11-16(18(23-26-11)17-14(20)5-4-6-15(17)21)19(25)22-12-7-9-13(10-8-12)24(2)3/h4-10H,1-3H3,(H,22,25). The average molecular weight is 374 g/mol. The third kappa shape index (κ3) is 3.41. The molecule has 7 heteroatoms. The Morgan fingerprint density at radius 1 is 1.19 bits per heavy atom. The molecule has 1 heterocycles. The Balaban J connectivity index is 1.95. The molecule has 0 spiro atoms. The lowest BCUT2D eigenvalue weighted by Crippen LogP contribution is -2.14. The van der Waals surface area contributed by atoms with Crippen LogP contribution in [0.25, 0.3) is 11.3 Å². The van der Waals surface area contributed by atoms with E-state index in [1.54, 1.807) is 19.1 Å². The van der Waals surface area contributed by atoms with Gasteiger partial charge in [0.2, 0.25) is 0 Å². The van der Waals surface area contributed by atoms with Crippen molar-refractivity contribution in [3.8, 4) is 11.3 Å². The second-order valence-electron chi connectivity index (χ2n) is 5.95. The van der Waals surface area contributed by atoms with Crippen LogP contribution in [0.15, 0.2) is 47.0 Å². The highest BCUT2D eigenvalue weighted by molar-refractivity contribution is 6.33. The second-order valence-corrected chi connectivity index (χ2v) is 6.36. The van der Waals surface area contributed by atoms with Crippen molar-refractivity contribution in [1.82, 2.24) is 5.16 Å². The van der Waals surface area contributed by atoms with Crippen molar-refractivity contribution in [2.24, 2.45) is 0 Å². The van der Waals surface area contributed by atoms with Gasteiger partial charge in [-0.2, -0.15) is 0 Å². The first-order valence-corrected chi connectivity index (χ1v) is 8.25. The Labute approximate surface area is 155 Å². The molecule has 0 radical (unpaired) electrons. The van der Waals surface area contributed by atoms with Crippen LogP contribution in [0.4, 0.5) is 15.8 Å². The van der Waals surface area contributed by atoms with Gasteiger partial charge in [-0.15, -0.1) is 0 Å². The second kappa shape index (κ2) is 7.17. The number of nitrogens with one attached hydrogen (secondary N) is 1. The summed E-state index contributed by atoms with van der Waals surface area (Å²) in [5.74, 6) is -0.743. The van der Waals surface area contributed by atoms with Crippen LogP contribution in [0, 0.1) is 12.7 Å². The number of rotatable bonds is 4. The maximum atomic E-state index is 14.2. The van der Waals surface area contributed by atoms with Crippen LogP contribution in [-0.4, -0.2) is 25.2 Å². The number of aryl methyl sites for hydroxylation is 1. The van der Waals surface area contributed by atoms with Crippen molar-refractivity contribution in [1.29, 1.82) is 0 Å². The summed E-state index contributed by atoms with van der Waals surface area (Å²) in [7, 11) is 3.86. The third-order valence-corrected chi connectivity index (χ3v) is 4.25. The Morgan fingerprint density at radius 3 is 2.50 bits per heavy atom. The highest BCUT2D eigenvalue weighted by Gasteiger charge is 2.25. The zero-order valence-electron chi connectivity index (χ0n) is 14.5. The average Bonchev–Trinajstić information content (AvgIpc) is 2.96. The van der Waals surface area contributed by atoms with E-state index in [-0.39, 0.29) is 27.6 Å². The fraction of sp³-hybridized carbons (Fsp3) is 0.158. The fourth-order valence-electron chi connectivity index (χ4n) is 2.57. The van der Waals surface area contributed by atoms with Crippen molar-refractivity contribution in [3.63, 3.8) is 0 Å². The van der Waals surface area contributed by atoms with Crippen LogP contribution in [0.2, 0.25) is 5.02 Å². The first-order chi connectivity index (χ1) is 12.4. The van der Waals surface area contributed by atoms with Crippen LogP contribution in [0.1, 0.15) is 16.1 Å². The van der Waals surface area contributed by atoms with Crippen molar-refractivity contribution >= 4 is 28.9 Å². The van der Waals surface area contributed by atoms with E-state index in [4.69, 9.17) is 16.1 Å². The van der Waals surface area contributed by atoms with Crippen LogP contribution in [0.5, 0.6) is 0 Å². The molecule has 2 aromatic carbocycles. The fourth-order valence-corrected chi connectivity index (χ4v) is 2.82. The van der Waals surface area contributed by atoms with Crippen LogP contribution >= 0.6 is 11.6 Å². The van der Waals surface area contributed by atoms with E-state index in [1.807, 2.05) is 31.1 Å². The van der Waals surface area contributed by atoms with E-state index in [1.165, 1.54) is 18.2 Å². The number of anilines is 2. The summed E-state index contributed by atoms with van der Waals surface area (Å²) in [4.78, 5) is 14.7. The minimum atomic E-state index is -0.574. The smallest absolute Gasteiger partial charge is 0.261 e. The molecule has 134 valence electrons. The number of benzene rings is 2. The quantitative estimate of drug-likeness (QED) is 0.716. The van der Waals surface area contributed by atoms with Crippen LogP contribution in [-0.2, 0) is 0 Å². The molecule has 0 fully saturated rings. The number of halogens is 2. The Hall–Kier alpha value is -2.86. The molecule has 3 rings (SSSR count). The zero-order chi connectivity index (χ0) is 18.8. The summed E-state index contributed by atoms with van der Waals surface area (Å²) in [6.45, 7) is 1.59. The van der Waals surface area contributed by atoms with Gasteiger partial charge in [0.05, 0.1) is 10.6 Å². The van der Waals surface area contributed by atoms with E-state index in [9.17, 15) is 9.18 Å². The van der Waals surface area contributed by atoms with Gasteiger partial charge in [-0.05, 0) is 43.3 Å². The van der Waals surface area contributed by atoms with Gasteiger partial charge in [0, 0.05) is 25.5 Å². The summed E-state index contributed by atoms with van der Waals surface area (Å²) in [5, 5.41) is 6.77. The van der Waals surface area contributed by atoms with Crippen LogP contribution in [0.3, 0.4) is 0 Å². The van der Waals surface area contributed by atoms with E-state index >= 15 is 0 Å². The number of carbonyl (C=O) groups is 1. The van der Waals surface area contributed by atoms with Gasteiger partial charge in [0.25, 0.3) is 5.91 Å². The van der Waals surface area contributed by atoms with Gasteiger partial charge in [-0.1, -0.05) is 22.8 Å². The molecule has 3 aromatic rings. The molecule has 26 heavy (non-hydrogen) atoms. The van der Waals surface area contributed by atoms with Crippen molar-refractivity contribution in [3.05, 3.63) is 64.6 Å². The molecule has 0 saturated heterocycles. The summed E-state index contributed by atoms with van der Waals surface area (Å²) >= 11 is 6.10. The van der Waals surface area contributed by atoms with Gasteiger partial charge < -0.3 is 14.7 Å². The lowest BCUT2D eigenvalue weighted by Gasteiger charge is -2.13. The molecule has 0 saturated carbocycles. The predicted octanol–water partition coefficient (Wildman–Crippen LogP) is 4.76. The van der Waals surface area contributed by atoms with Crippen LogP contribution < -0.4 is 10.2 Å². The molecule has 0 aliphatic heterocycles. The number of amides is 1. The third-order valence-electron chi connectivity index (χ3n) is 3.93.